The summed E-state index contributed by atoms with van der Waals surface area (Å²) >= 11 is 5.55. The summed E-state index contributed by atoms with van der Waals surface area (Å²) < 4.78 is 5.19. The molecule has 0 radical (unpaired) electrons. The summed E-state index contributed by atoms with van der Waals surface area (Å²) in [7, 11) is 1.65. The van der Waals surface area contributed by atoms with Crippen molar-refractivity contribution in [2.45, 2.75) is 13.0 Å². The van der Waals surface area contributed by atoms with E-state index >= 15 is 0 Å². The molecule has 0 saturated heterocycles. The third-order valence-corrected chi connectivity index (χ3v) is 4.39. The summed E-state index contributed by atoms with van der Waals surface area (Å²) in [5.74, 6) is 0.816. The summed E-state index contributed by atoms with van der Waals surface area (Å²) in [5.41, 5.74) is 4.48. The van der Waals surface area contributed by atoms with E-state index in [0.29, 0.717) is 5.11 Å². The average molecular weight is 362 g/mol. The number of rotatable bonds is 5. The van der Waals surface area contributed by atoms with Gasteiger partial charge >= 0.3 is 0 Å². The molecule has 0 bridgehead atoms. The molecule has 0 aliphatic carbocycles. The largest absolute Gasteiger partial charge is 0.497 e. The van der Waals surface area contributed by atoms with E-state index in [2.05, 4.69) is 54.0 Å². The molecule has 0 heterocycles. The molecule has 1 atom stereocenters. The minimum atomic E-state index is -0.0185. The van der Waals surface area contributed by atoms with E-state index in [0.717, 1.165) is 17.0 Å². The first-order chi connectivity index (χ1) is 12.7. The molecule has 0 aromatic heterocycles. The van der Waals surface area contributed by atoms with Gasteiger partial charge in [-0.15, -0.1) is 0 Å². The van der Waals surface area contributed by atoms with Crippen molar-refractivity contribution >= 4 is 23.0 Å². The fraction of sp³-hybridized carbons (Fsp3) is 0.136. The Morgan fingerprint density at radius 2 is 1.46 bits per heavy atom. The molecule has 0 fully saturated rings. The molecule has 0 saturated carbocycles. The Morgan fingerprint density at radius 3 is 2.08 bits per heavy atom. The van der Waals surface area contributed by atoms with Crippen LogP contribution in [0.2, 0.25) is 0 Å². The lowest BCUT2D eigenvalue weighted by molar-refractivity contribution is 0.415. The average Bonchev–Trinajstić information content (AvgIpc) is 2.68. The summed E-state index contributed by atoms with van der Waals surface area (Å²) in [6.07, 6.45) is 0. The van der Waals surface area contributed by atoms with Crippen molar-refractivity contribution in [3.8, 4) is 5.75 Å². The molecule has 3 aromatic rings. The zero-order valence-electron chi connectivity index (χ0n) is 14.9. The van der Waals surface area contributed by atoms with E-state index in [4.69, 9.17) is 17.0 Å². The summed E-state index contributed by atoms with van der Waals surface area (Å²) in [4.78, 5) is 0. The summed E-state index contributed by atoms with van der Waals surface area (Å²) in [6.45, 7) is 2.09. The van der Waals surface area contributed by atoms with Crippen LogP contribution in [0.15, 0.2) is 78.9 Å². The Labute approximate surface area is 160 Å². The summed E-state index contributed by atoms with van der Waals surface area (Å²) in [6, 6.07) is 26.5. The van der Waals surface area contributed by atoms with Crippen LogP contribution < -0.4 is 15.4 Å². The van der Waals surface area contributed by atoms with Crippen molar-refractivity contribution in [1.29, 1.82) is 0 Å². The van der Waals surface area contributed by atoms with Gasteiger partial charge in [-0.3, -0.25) is 0 Å². The van der Waals surface area contributed by atoms with Gasteiger partial charge < -0.3 is 15.4 Å². The van der Waals surface area contributed by atoms with E-state index in [1.165, 1.54) is 11.1 Å². The minimum Gasteiger partial charge on any atom is -0.497 e. The van der Waals surface area contributed by atoms with Crippen molar-refractivity contribution in [1.82, 2.24) is 5.32 Å². The molecule has 26 heavy (non-hydrogen) atoms. The highest BCUT2D eigenvalue weighted by Crippen LogP contribution is 2.23. The standard InChI is InChI=1S/C22H22N2OS/c1-16-8-10-18(11-9-16)21(17-6-4-3-5-7-17)24-22(26)23-19-12-14-20(25-2)15-13-19/h3-15,21H,1-2H3,(H2,23,24,26)/t21-/m0/s1. The second kappa shape index (κ2) is 8.50. The minimum absolute atomic E-state index is 0.0185. The number of thiocarbonyl (C=S) groups is 1. The second-order valence-corrected chi connectivity index (χ2v) is 6.49. The highest BCUT2D eigenvalue weighted by Gasteiger charge is 2.15. The van der Waals surface area contributed by atoms with Gasteiger partial charge in [-0.25, -0.2) is 0 Å². The first-order valence-corrected chi connectivity index (χ1v) is 8.89. The normalized spacial score (nSPS) is 11.5. The lowest BCUT2D eigenvalue weighted by Crippen LogP contribution is -2.33. The van der Waals surface area contributed by atoms with E-state index < -0.39 is 0 Å². The Bertz CT molecular complexity index is 846. The fourth-order valence-electron chi connectivity index (χ4n) is 2.74. The molecule has 0 spiro atoms. The van der Waals surface area contributed by atoms with E-state index in [-0.39, 0.29) is 6.04 Å². The Kier molecular flexibility index (Phi) is 5.87. The molecule has 0 aliphatic heterocycles. The molecule has 0 unspecified atom stereocenters. The van der Waals surface area contributed by atoms with Gasteiger partial charge in [0.2, 0.25) is 0 Å². The molecular formula is C22H22N2OS. The maximum absolute atomic E-state index is 5.55. The lowest BCUT2D eigenvalue weighted by atomic mass is 9.98. The van der Waals surface area contributed by atoms with Crippen LogP contribution in [0.25, 0.3) is 0 Å². The predicted molar refractivity (Wildman–Crippen MR) is 112 cm³/mol. The highest BCUT2D eigenvalue weighted by molar-refractivity contribution is 7.80. The van der Waals surface area contributed by atoms with E-state index in [1.54, 1.807) is 7.11 Å². The molecule has 132 valence electrons. The molecule has 3 aromatic carbocycles. The van der Waals surface area contributed by atoms with Gasteiger partial charge in [0.1, 0.15) is 5.75 Å². The SMILES string of the molecule is COc1ccc(NC(=S)N[C@@H](c2ccccc2)c2ccc(C)cc2)cc1. The second-order valence-electron chi connectivity index (χ2n) is 6.08. The van der Waals surface area contributed by atoms with Gasteiger partial charge in [0.15, 0.2) is 5.11 Å². The Morgan fingerprint density at radius 1 is 0.846 bits per heavy atom. The first-order valence-electron chi connectivity index (χ1n) is 8.49. The van der Waals surface area contributed by atoms with Gasteiger partial charge in [0, 0.05) is 5.69 Å². The van der Waals surface area contributed by atoms with Crippen molar-refractivity contribution in [3.63, 3.8) is 0 Å². The van der Waals surface area contributed by atoms with Gasteiger partial charge in [-0.1, -0.05) is 60.2 Å². The molecule has 0 aliphatic rings. The third kappa shape index (κ3) is 4.61. The number of ether oxygens (including phenoxy) is 1. The van der Waals surface area contributed by atoms with Gasteiger partial charge in [-0.05, 0) is 54.5 Å². The Balaban J connectivity index is 1.78. The number of benzene rings is 3. The topological polar surface area (TPSA) is 33.3 Å². The first kappa shape index (κ1) is 18.0. The molecular weight excluding hydrogens is 340 g/mol. The summed E-state index contributed by atoms with van der Waals surface area (Å²) in [5, 5.41) is 7.25. The monoisotopic (exact) mass is 362 g/mol. The van der Waals surface area contributed by atoms with Crippen molar-refractivity contribution in [2.75, 3.05) is 12.4 Å². The van der Waals surface area contributed by atoms with Crippen LogP contribution in [0.4, 0.5) is 5.69 Å². The van der Waals surface area contributed by atoms with Crippen LogP contribution in [0, 0.1) is 6.92 Å². The molecule has 4 heteroatoms. The van der Waals surface area contributed by atoms with Gasteiger partial charge in [0.25, 0.3) is 0 Å². The predicted octanol–water partition coefficient (Wildman–Crippen LogP) is 5.08. The number of hydrogen-bond acceptors (Lipinski definition) is 2. The quantitative estimate of drug-likeness (QED) is 0.620. The van der Waals surface area contributed by atoms with Crippen LogP contribution in [0.3, 0.4) is 0 Å². The van der Waals surface area contributed by atoms with Crippen molar-refractivity contribution < 1.29 is 4.74 Å². The number of nitrogens with one attached hydrogen (secondary N) is 2. The Hall–Kier alpha value is -2.85. The van der Waals surface area contributed by atoms with Crippen molar-refractivity contribution in [3.05, 3.63) is 95.6 Å². The molecule has 3 rings (SSSR count). The van der Waals surface area contributed by atoms with Crippen LogP contribution in [-0.4, -0.2) is 12.2 Å². The molecule has 0 amide bonds. The zero-order valence-corrected chi connectivity index (χ0v) is 15.7. The smallest absolute Gasteiger partial charge is 0.171 e. The number of methoxy groups -OCH3 is 1. The lowest BCUT2D eigenvalue weighted by Gasteiger charge is -2.22. The van der Waals surface area contributed by atoms with E-state index in [9.17, 15) is 0 Å². The molecule has 3 nitrogen and oxygen atoms in total. The number of hydrogen-bond donors (Lipinski definition) is 2. The number of aryl methyl sites for hydroxylation is 1. The van der Waals surface area contributed by atoms with Crippen LogP contribution >= 0.6 is 12.2 Å². The van der Waals surface area contributed by atoms with E-state index in [1.807, 2.05) is 42.5 Å². The highest BCUT2D eigenvalue weighted by atomic mass is 32.1. The third-order valence-electron chi connectivity index (χ3n) is 4.17. The van der Waals surface area contributed by atoms with Gasteiger partial charge in [-0.2, -0.15) is 0 Å². The maximum Gasteiger partial charge on any atom is 0.171 e. The van der Waals surface area contributed by atoms with Crippen LogP contribution in [0.5, 0.6) is 5.75 Å². The molecule has 2 N–H and O–H groups in total. The van der Waals surface area contributed by atoms with Crippen LogP contribution in [0.1, 0.15) is 22.7 Å². The fourth-order valence-corrected chi connectivity index (χ4v) is 2.97. The zero-order chi connectivity index (χ0) is 18.4. The number of anilines is 1. The van der Waals surface area contributed by atoms with Gasteiger partial charge in [0.05, 0.1) is 13.2 Å². The maximum atomic E-state index is 5.55. The van der Waals surface area contributed by atoms with Crippen molar-refractivity contribution in [2.24, 2.45) is 0 Å². The van der Waals surface area contributed by atoms with Crippen LogP contribution in [-0.2, 0) is 0 Å².